The van der Waals surface area contributed by atoms with E-state index in [-0.39, 0.29) is 0 Å². The van der Waals surface area contributed by atoms with Gasteiger partial charge in [-0.15, -0.1) is 0 Å². The summed E-state index contributed by atoms with van der Waals surface area (Å²) >= 11 is 0. The monoisotopic (exact) mass is 149 g/mol. The van der Waals surface area contributed by atoms with Crippen LogP contribution < -0.4 is 4.74 Å². The summed E-state index contributed by atoms with van der Waals surface area (Å²) in [5.74, 6) is 1.76. The van der Waals surface area contributed by atoms with E-state index < -0.39 is 0 Å². The fraction of sp³-hybridized carbons (Fsp3) is 0.444. The first-order chi connectivity index (χ1) is 5.45. The van der Waals surface area contributed by atoms with Crippen LogP contribution in [0.3, 0.4) is 0 Å². The number of aromatic nitrogens is 1. The molecule has 0 amide bonds. The van der Waals surface area contributed by atoms with E-state index >= 15 is 0 Å². The Hall–Kier alpha value is -1.05. The van der Waals surface area contributed by atoms with Gasteiger partial charge in [-0.3, -0.25) is 4.98 Å². The predicted molar refractivity (Wildman–Crippen MR) is 42.5 cm³/mol. The molecule has 2 heteroatoms. The Labute approximate surface area is 66.2 Å². The summed E-state index contributed by atoms with van der Waals surface area (Å²) in [6.07, 6.45) is 6.18. The Morgan fingerprint density at radius 1 is 1.36 bits per heavy atom. The fourth-order valence-electron chi connectivity index (χ4n) is 0.933. The predicted octanol–water partition coefficient (Wildman–Crippen LogP) is 1.87. The van der Waals surface area contributed by atoms with Gasteiger partial charge in [0.2, 0.25) is 0 Å². The van der Waals surface area contributed by atoms with E-state index in [1.54, 1.807) is 12.4 Å². The molecule has 1 aromatic rings. The molecular weight excluding hydrogens is 138 g/mol. The van der Waals surface area contributed by atoms with Crippen LogP contribution in [-0.2, 0) is 0 Å². The molecule has 0 unspecified atom stereocenters. The number of hydrogen-bond donors (Lipinski definition) is 0. The summed E-state index contributed by atoms with van der Waals surface area (Å²) in [4.78, 5) is 3.91. The van der Waals surface area contributed by atoms with Crippen LogP contribution in [0.25, 0.3) is 0 Å². The van der Waals surface area contributed by atoms with Crippen molar-refractivity contribution >= 4 is 0 Å². The van der Waals surface area contributed by atoms with Gasteiger partial charge in [-0.05, 0) is 30.9 Å². The van der Waals surface area contributed by atoms with E-state index in [0.717, 1.165) is 18.3 Å². The normalized spacial score (nSPS) is 16.4. The van der Waals surface area contributed by atoms with Crippen LogP contribution in [0.1, 0.15) is 12.8 Å². The maximum Gasteiger partial charge on any atom is 0.122 e. The van der Waals surface area contributed by atoms with Crippen LogP contribution in [-0.4, -0.2) is 11.6 Å². The molecule has 0 aromatic carbocycles. The first-order valence-corrected chi connectivity index (χ1v) is 3.98. The number of pyridine rings is 1. The summed E-state index contributed by atoms with van der Waals surface area (Å²) < 4.78 is 5.49. The van der Waals surface area contributed by atoms with Gasteiger partial charge in [0.25, 0.3) is 0 Å². The molecule has 1 aromatic heterocycles. The average molecular weight is 149 g/mol. The van der Waals surface area contributed by atoms with E-state index in [9.17, 15) is 0 Å². The Morgan fingerprint density at radius 3 is 2.73 bits per heavy atom. The van der Waals surface area contributed by atoms with Crippen LogP contribution in [0, 0.1) is 5.92 Å². The van der Waals surface area contributed by atoms with Crippen LogP contribution in [0.2, 0.25) is 0 Å². The number of ether oxygens (including phenoxy) is 1. The Bertz CT molecular complexity index is 218. The number of nitrogens with zero attached hydrogens (tertiary/aromatic N) is 1. The zero-order valence-corrected chi connectivity index (χ0v) is 6.36. The highest BCUT2D eigenvalue weighted by molar-refractivity contribution is 5.16. The molecule has 0 aliphatic heterocycles. The van der Waals surface area contributed by atoms with Gasteiger partial charge in [0.05, 0.1) is 6.61 Å². The smallest absolute Gasteiger partial charge is 0.122 e. The van der Waals surface area contributed by atoms with Crippen molar-refractivity contribution in [2.45, 2.75) is 12.8 Å². The molecule has 1 aliphatic rings. The zero-order valence-electron chi connectivity index (χ0n) is 6.36. The SMILES string of the molecule is c1cc(OCC2CC2)ccn1. The number of hydrogen-bond acceptors (Lipinski definition) is 2. The second-order valence-corrected chi connectivity index (χ2v) is 2.94. The first kappa shape index (κ1) is 6.65. The van der Waals surface area contributed by atoms with Crippen molar-refractivity contribution in [3.8, 4) is 5.75 Å². The van der Waals surface area contributed by atoms with Gasteiger partial charge >= 0.3 is 0 Å². The molecule has 11 heavy (non-hydrogen) atoms. The van der Waals surface area contributed by atoms with Crippen LogP contribution in [0.5, 0.6) is 5.75 Å². The molecule has 1 fully saturated rings. The van der Waals surface area contributed by atoms with Crippen molar-refractivity contribution in [3.63, 3.8) is 0 Å². The van der Waals surface area contributed by atoms with Gasteiger partial charge in [0.1, 0.15) is 5.75 Å². The maximum absolute atomic E-state index is 5.49. The van der Waals surface area contributed by atoms with Gasteiger partial charge in [-0.1, -0.05) is 0 Å². The third-order valence-electron chi connectivity index (χ3n) is 1.83. The molecule has 0 N–H and O–H groups in total. The minimum atomic E-state index is 0.822. The third-order valence-corrected chi connectivity index (χ3v) is 1.83. The van der Waals surface area contributed by atoms with Gasteiger partial charge in [-0.2, -0.15) is 0 Å². The third kappa shape index (κ3) is 1.93. The van der Waals surface area contributed by atoms with E-state index in [1.165, 1.54) is 12.8 Å². The number of rotatable bonds is 3. The van der Waals surface area contributed by atoms with Crippen molar-refractivity contribution < 1.29 is 4.74 Å². The van der Waals surface area contributed by atoms with Gasteiger partial charge in [-0.25, -0.2) is 0 Å². The van der Waals surface area contributed by atoms with Crippen molar-refractivity contribution in [3.05, 3.63) is 24.5 Å². The van der Waals surface area contributed by atoms with E-state index in [2.05, 4.69) is 4.98 Å². The molecule has 1 saturated carbocycles. The maximum atomic E-state index is 5.49. The molecule has 0 spiro atoms. The van der Waals surface area contributed by atoms with Crippen LogP contribution in [0.4, 0.5) is 0 Å². The second kappa shape index (κ2) is 2.91. The van der Waals surface area contributed by atoms with Crippen molar-refractivity contribution in [1.29, 1.82) is 0 Å². The quantitative estimate of drug-likeness (QED) is 0.654. The molecule has 2 rings (SSSR count). The van der Waals surface area contributed by atoms with Gasteiger partial charge < -0.3 is 4.74 Å². The molecule has 58 valence electrons. The van der Waals surface area contributed by atoms with Crippen molar-refractivity contribution in [1.82, 2.24) is 4.98 Å². The lowest BCUT2D eigenvalue weighted by atomic mass is 10.4. The lowest BCUT2D eigenvalue weighted by molar-refractivity contribution is 0.299. The minimum absolute atomic E-state index is 0.822. The Balaban J connectivity index is 1.85. The highest BCUT2D eigenvalue weighted by atomic mass is 16.5. The molecule has 2 nitrogen and oxygen atoms in total. The summed E-state index contributed by atoms with van der Waals surface area (Å²) in [6.45, 7) is 0.879. The molecule has 0 bridgehead atoms. The molecule has 0 atom stereocenters. The van der Waals surface area contributed by atoms with Crippen molar-refractivity contribution in [2.75, 3.05) is 6.61 Å². The average Bonchev–Trinajstić information content (AvgIpc) is 2.86. The van der Waals surface area contributed by atoms with E-state index in [0.29, 0.717) is 0 Å². The summed E-state index contributed by atoms with van der Waals surface area (Å²) in [6, 6.07) is 3.78. The largest absolute Gasteiger partial charge is 0.493 e. The fourth-order valence-corrected chi connectivity index (χ4v) is 0.933. The van der Waals surface area contributed by atoms with Gasteiger partial charge in [0.15, 0.2) is 0 Å². The Morgan fingerprint density at radius 2 is 2.09 bits per heavy atom. The second-order valence-electron chi connectivity index (χ2n) is 2.94. The summed E-state index contributed by atoms with van der Waals surface area (Å²) in [5, 5.41) is 0. The molecule has 1 heterocycles. The highest BCUT2D eigenvalue weighted by Crippen LogP contribution is 2.29. The van der Waals surface area contributed by atoms with E-state index in [4.69, 9.17) is 4.74 Å². The Kier molecular flexibility index (Phi) is 1.76. The topological polar surface area (TPSA) is 22.1 Å². The van der Waals surface area contributed by atoms with Crippen LogP contribution >= 0.6 is 0 Å². The van der Waals surface area contributed by atoms with Crippen molar-refractivity contribution in [2.24, 2.45) is 5.92 Å². The summed E-state index contributed by atoms with van der Waals surface area (Å²) in [7, 11) is 0. The molecule has 0 radical (unpaired) electrons. The minimum Gasteiger partial charge on any atom is -0.493 e. The molecule has 1 aliphatic carbocycles. The van der Waals surface area contributed by atoms with Crippen LogP contribution in [0.15, 0.2) is 24.5 Å². The molecular formula is C9H11NO. The summed E-state index contributed by atoms with van der Waals surface area (Å²) in [5.41, 5.74) is 0. The first-order valence-electron chi connectivity index (χ1n) is 3.98. The van der Waals surface area contributed by atoms with E-state index in [1.807, 2.05) is 12.1 Å². The zero-order chi connectivity index (χ0) is 7.52. The molecule has 0 saturated heterocycles. The van der Waals surface area contributed by atoms with Gasteiger partial charge in [0, 0.05) is 12.4 Å². The standard InChI is InChI=1S/C9H11NO/c1-2-8(1)7-11-9-3-5-10-6-4-9/h3-6,8H,1-2,7H2. The lowest BCUT2D eigenvalue weighted by Gasteiger charge is -2.02. The highest BCUT2D eigenvalue weighted by Gasteiger charge is 2.21. The lowest BCUT2D eigenvalue weighted by Crippen LogP contribution is -1.98.